The van der Waals surface area contributed by atoms with Crippen molar-refractivity contribution in [2.24, 2.45) is 5.92 Å². The van der Waals surface area contributed by atoms with Gasteiger partial charge >= 0.3 is 0 Å². The first-order valence-electron chi connectivity index (χ1n) is 8.56. The lowest BCUT2D eigenvalue weighted by atomic mass is 10.0. The van der Waals surface area contributed by atoms with Gasteiger partial charge in [0.15, 0.2) is 8.46 Å². The van der Waals surface area contributed by atoms with Crippen molar-refractivity contribution in [1.29, 1.82) is 0 Å². The lowest BCUT2D eigenvalue weighted by molar-refractivity contribution is 0.503. The zero-order valence-electron chi connectivity index (χ0n) is 13.3. The maximum atomic E-state index is 10.2. The van der Waals surface area contributed by atoms with Crippen molar-refractivity contribution in [2.75, 3.05) is 6.16 Å². The standard InChI is InChI=1S/C17H35OP/c1-17(2)15-13-11-9-7-5-3-4-6-8-10-12-14-16-19-18/h17H,3-16H2,1-2H3. The van der Waals surface area contributed by atoms with E-state index in [4.69, 9.17) is 0 Å². The van der Waals surface area contributed by atoms with Crippen molar-refractivity contribution in [2.45, 2.75) is 97.3 Å². The van der Waals surface area contributed by atoms with Crippen molar-refractivity contribution < 1.29 is 4.57 Å². The van der Waals surface area contributed by atoms with Crippen LogP contribution in [-0.2, 0) is 4.57 Å². The summed E-state index contributed by atoms with van der Waals surface area (Å²) in [4.78, 5) is 0. The van der Waals surface area contributed by atoms with Gasteiger partial charge in [-0.2, -0.15) is 0 Å². The summed E-state index contributed by atoms with van der Waals surface area (Å²) in [7, 11) is 0.327. The smallest absolute Gasteiger partial charge is 0.155 e. The molecule has 0 spiro atoms. The molecule has 0 aromatic rings. The summed E-state index contributed by atoms with van der Waals surface area (Å²) in [6.45, 7) is 4.64. The van der Waals surface area contributed by atoms with Gasteiger partial charge in [-0.3, -0.25) is 4.57 Å². The quantitative estimate of drug-likeness (QED) is 0.234. The third kappa shape index (κ3) is 18.1. The Balaban J connectivity index is 2.93. The SMILES string of the molecule is CC(C)CCCCCCCCCCCCCCP=O. The highest BCUT2D eigenvalue weighted by Crippen LogP contribution is 2.14. The van der Waals surface area contributed by atoms with E-state index in [1.54, 1.807) is 0 Å². The van der Waals surface area contributed by atoms with E-state index < -0.39 is 0 Å². The Morgan fingerprint density at radius 2 is 1.00 bits per heavy atom. The third-order valence-electron chi connectivity index (χ3n) is 3.78. The van der Waals surface area contributed by atoms with Gasteiger partial charge in [-0.25, -0.2) is 0 Å². The van der Waals surface area contributed by atoms with Crippen LogP contribution in [0.15, 0.2) is 0 Å². The van der Waals surface area contributed by atoms with Crippen LogP contribution in [0.2, 0.25) is 0 Å². The molecule has 0 aliphatic heterocycles. The summed E-state index contributed by atoms with van der Waals surface area (Å²) in [6, 6.07) is 0. The van der Waals surface area contributed by atoms with Crippen LogP contribution < -0.4 is 0 Å². The van der Waals surface area contributed by atoms with E-state index in [0.717, 1.165) is 18.5 Å². The molecule has 0 fully saturated rings. The molecular weight excluding hydrogens is 251 g/mol. The first-order chi connectivity index (χ1) is 9.27. The summed E-state index contributed by atoms with van der Waals surface area (Å²) >= 11 is 0. The second kappa shape index (κ2) is 16.2. The molecule has 2 heteroatoms. The molecule has 0 bridgehead atoms. The molecule has 0 radical (unpaired) electrons. The van der Waals surface area contributed by atoms with E-state index in [2.05, 4.69) is 13.8 Å². The maximum Gasteiger partial charge on any atom is 0.155 e. The molecule has 0 aromatic heterocycles. The Labute approximate surface area is 123 Å². The Morgan fingerprint density at radius 1 is 0.632 bits per heavy atom. The van der Waals surface area contributed by atoms with E-state index >= 15 is 0 Å². The minimum atomic E-state index is 0.327. The molecule has 0 rings (SSSR count). The Morgan fingerprint density at radius 3 is 1.37 bits per heavy atom. The van der Waals surface area contributed by atoms with E-state index in [-0.39, 0.29) is 0 Å². The molecular formula is C17H35OP. The Bertz CT molecular complexity index is 180. The third-order valence-corrected chi connectivity index (χ3v) is 4.28. The summed E-state index contributed by atoms with van der Waals surface area (Å²) in [5.41, 5.74) is 0. The van der Waals surface area contributed by atoms with Crippen LogP contribution in [0.4, 0.5) is 0 Å². The summed E-state index contributed by atoms with van der Waals surface area (Å²) in [5, 5.41) is 0. The molecule has 0 amide bonds. The topological polar surface area (TPSA) is 17.1 Å². The van der Waals surface area contributed by atoms with Crippen LogP contribution in [0, 0.1) is 5.92 Å². The molecule has 0 saturated heterocycles. The van der Waals surface area contributed by atoms with Crippen LogP contribution in [0.1, 0.15) is 97.3 Å². The molecule has 0 saturated carbocycles. The minimum Gasteiger partial charge on any atom is -0.275 e. The number of unbranched alkanes of at least 4 members (excludes halogenated alkanes) is 11. The van der Waals surface area contributed by atoms with E-state index in [1.165, 1.54) is 77.0 Å². The lowest BCUT2D eigenvalue weighted by Gasteiger charge is -2.04. The van der Waals surface area contributed by atoms with E-state index in [0.29, 0.717) is 8.46 Å². The molecule has 0 atom stereocenters. The van der Waals surface area contributed by atoms with E-state index in [1.807, 2.05) is 0 Å². The average Bonchev–Trinajstić information content (AvgIpc) is 2.39. The normalized spacial score (nSPS) is 11.5. The van der Waals surface area contributed by atoms with Gasteiger partial charge in [0.05, 0.1) is 0 Å². The highest BCUT2D eigenvalue weighted by molar-refractivity contribution is 7.23. The molecule has 0 heterocycles. The van der Waals surface area contributed by atoms with Gasteiger partial charge in [-0.05, 0) is 12.3 Å². The molecule has 0 aliphatic carbocycles. The zero-order chi connectivity index (χ0) is 14.2. The summed E-state index contributed by atoms with van der Waals surface area (Å²) < 4.78 is 10.2. The fourth-order valence-corrected chi connectivity index (χ4v) is 2.85. The Kier molecular flexibility index (Phi) is 16.2. The number of rotatable bonds is 15. The van der Waals surface area contributed by atoms with Crippen molar-refractivity contribution in [1.82, 2.24) is 0 Å². The Hall–Kier alpha value is 0.100. The summed E-state index contributed by atoms with van der Waals surface area (Å²) in [5.74, 6) is 0.883. The van der Waals surface area contributed by atoms with Crippen LogP contribution >= 0.6 is 8.46 Å². The molecule has 114 valence electrons. The number of hydrogen-bond acceptors (Lipinski definition) is 1. The molecule has 0 aromatic carbocycles. The van der Waals surface area contributed by atoms with Gasteiger partial charge in [0.1, 0.15) is 0 Å². The highest BCUT2D eigenvalue weighted by atomic mass is 31.1. The predicted molar refractivity (Wildman–Crippen MR) is 87.3 cm³/mol. The van der Waals surface area contributed by atoms with Crippen molar-refractivity contribution in [3.8, 4) is 0 Å². The molecule has 1 nitrogen and oxygen atoms in total. The van der Waals surface area contributed by atoms with Crippen LogP contribution in [0.3, 0.4) is 0 Å². The predicted octanol–water partition coefficient (Wildman–Crippen LogP) is 7.01. The van der Waals surface area contributed by atoms with E-state index in [9.17, 15) is 4.57 Å². The van der Waals surface area contributed by atoms with Crippen LogP contribution in [0.25, 0.3) is 0 Å². The highest BCUT2D eigenvalue weighted by Gasteiger charge is 1.95. The lowest BCUT2D eigenvalue weighted by Crippen LogP contribution is -1.87. The molecule has 0 N–H and O–H groups in total. The second-order valence-electron chi connectivity index (χ2n) is 6.28. The zero-order valence-corrected chi connectivity index (χ0v) is 14.2. The summed E-state index contributed by atoms with van der Waals surface area (Å²) in [6.07, 6.45) is 18.9. The van der Waals surface area contributed by atoms with Gasteiger partial charge in [0, 0.05) is 6.16 Å². The average molecular weight is 286 g/mol. The molecule has 0 aliphatic rings. The largest absolute Gasteiger partial charge is 0.275 e. The van der Waals surface area contributed by atoms with Crippen molar-refractivity contribution in [3.63, 3.8) is 0 Å². The number of hydrogen-bond donors (Lipinski definition) is 0. The van der Waals surface area contributed by atoms with Crippen molar-refractivity contribution >= 4 is 8.46 Å². The van der Waals surface area contributed by atoms with Crippen molar-refractivity contribution in [3.05, 3.63) is 0 Å². The van der Waals surface area contributed by atoms with Gasteiger partial charge in [-0.15, -0.1) is 0 Å². The minimum absolute atomic E-state index is 0.327. The van der Waals surface area contributed by atoms with Gasteiger partial charge in [0.2, 0.25) is 0 Å². The molecule has 19 heavy (non-hydrogen) atoms. The first-order valence-corrected chi connectivity index (χ1v) is 9.56. The van der Waals surface area contributed by atoms with Crippen LogP contribution in [-0.4, -0.2) is 6.16 Å². The second-order valence-corrected chi connectivity index (χ2v) is 6.98. The first kappa shape index (κ1) is 19.1. The fraction of sp³-hybridized carbons (Fsp3) is 1.00. The molecule has 0 unspecified atom stereocenters. The monoisotopic (exact) mass is 286 g/mol. The fourth-order valence-electron chi connectivity index (χ4n) is 2.50. The van der Waals surface area contributed by atoms with Gasteiger partial charge < -0.3 is 0 Å². The van der Waals surface area contributed by atoms with Crippen LogP contribution in [0.5, 0.6) is 0 Å². The van der Waals surface area contributed by atoms with Gasteiger partial charge in [0.25, 0.3) is 0 Å². The van der Waals surface area contributed by atoms with Gasteiger partial charge in [-0.1, -0.05) is 90.9 Å². The maximum absolute atomic E-state index is 10.2.